The van der Waals surface area contributed by atoms with Gasteiger partial charge < -0.3 is 8.85 Å². The summed E-state index contributed by atoms with van der Waals surface area (Å²) in [6, 6.07) is 21.1. The minimum atomic E-state index is -2.59. The van der Waals surface area contributed by atoms with E-state index in [1.54, 1.807) is 0 Å². The van der Waals surface area contributed by atoms with Gasteiger partial charge in [0.25, 0.3) is 8.32 Å². The molecule has 0 atom stereocenters. The topological polar surface area (TPSA) is 35.5 Å². The molecule has 31 heavy (non-hydrogen) atoms. The van der Waals surface area contributed by atoms with Gasteiger partial charge >= 0.3 is 0 Å². The Morgan fingerprint density at radius 3 is 1.58 bits per heavy atom. The number of Topliss-reactive ketones (excluding diaryl/α,β-unsaturated/α-hetero) is 1. The van der Waals surface area contributed by atoms with Crippen LogP contribution in [0.15, 0.2) is 60.7 Å². The number of hydrogen-bond donors (Lipinski definition) is 0. The monoisotopic (exact) mass is 456 g/mol. The van der Waals surface area contributed by atoms with E-state index in [0.29, 0.717) is 13.0 Å². The third-order valence-electron chi connectivity index (χ3n) is 6.52. The molecule has 0 aliphatic heterocycles. The van der Waals surface area contributed by atoms with Crippen molar-refractivity contribution in [1.82, 2.24) is 0 Å². The first-order valence-electron chi connectivity index (χ1n) is 11.2. The summed E-state index contributed by atoms with van der Waals surface area (Å²) in [5.74, 6) is 0.114. The Morgan fingerprint density at radius 2 is 1.19 bits per heavy atom. The van der Waals surface area contributed by atoms with Crippen LogP contribution in [0.1, 0.15) is 48.0 Å². The molecule has 0 bridgehead atoms. The second-order valence-corrected chi connectivity index (χ2v) is 20.0. The lowest BCUT2D eigenvalue weighted by molar-refractivity contribution is -0.121. The molecule has 0 fully saturated rings. The van der Waals surface area contributed by atoms with Gasteiger partial charge in [-0.1, -0.05) is 102 Å². The van der Waals surface area contributed by atoms with Gasteiger partial charge in [-0.3, -0.25) is 4.79 Å². The van der Waals surface area contributed by atoms with E-state index in [4.69, 9.17) is 8.85 Å². The van der Waals surface area contributed by atoms with Crippen molar-refractivity contribution in [2.45, 2.75) is 71.1 Å². The smallest absolute Gasteiger partial charge is 0.261 e. The summed E-state index contributed by atoms with van der Waals surface area (Å²) in [4.78, 5) is 12.7. The highest BCUT2D eigenvalue weighted by Crippen LogP contribution is 2.37. The Labute approximate surface area is 191 Å². The number of carbonyl (C=O) groups excluding carboxylic acids is 1. The van der Waals surface area contributed by atoms with Gasteiger partial charge in [-0.2, -0.15) is 0 Å². The van der Waals surface area contributed by atoms with E-state index in [1.807, 2.05) is 12.1 Å². The Kier molecular flexibility index (Phi) is 8.25. The summed E-state index contributed by atoms with van der Waals surface area (Å²) in [5, 5.41) is 2.48. The van der Waals surface area contributed by atoms with Crippen LogP contribution in [-0.2, 0) is 13.6 Å². The molecule has 0 amide bonds. The highest BCUT2D eigenvalue weighted by molar-refractivity contribution is 6.99. The molecule has 2 rings (SSSR count). The van der Waals surface area contributed by atoms with E-state index in [0.717, 1.165) is 0 Å². The molecule has 0 aliphatic rings. The lowest BCUT2D eigenvalue weighted by Crippen LogP contribution is -2.66. The number of hydrogen-bond acceptors (Lipinski definition) is 3. The number of carbonyl (C=O) groups is 1. The maximum absolute atomic E-state index is 12.7. The molecule has 0 saturated heterocycles. The fourth-order valence-corrected chi connectivity index (χ4v) is 9.15. The second-order valence-electron chi connectivity index (χ2n) is 10.8. The van der Waals surface area contributed by atoms with Crippen molar-refractivity contribution in [2.75, 3.05) is 13.2 Å². The molecule has 0 N–H and O–H groups in total. The van der Waals surface area contributed by atoms with E-state index >= 15 is 0 Å². The van der Waals surface area contributed by atoms with Gasteiger partial charge in [0.1, 0.15) is 0 Å². The molecule has 2 aromatic carbocycles. The van der Waals surface area contributed by atoms with Crippen molar-refractivity contribution < 1.29 is 13.6 Å². The van der Waals surface area contributed by atoms with Crippen molar-refractivity contribution in [3.05, 3.63) is 60.7 Å². The minimum absolute atomic E-state index is 0.0869. The predicted octanol–water partition coefficient (Wildman–Crippen LogP) is 5.54. The Balaban J connectivity index is 2.21. The number of rotatable bonds is 9. The van der Waals surface area contributed by atoms with Crippen LogP contribution in [0.25, 0.3) is 0 Å². The zero-order valence-corrected chi connectivity index (χ0v) is 22.6. The molecule has 0 radical (unpaired) electrons. The summed E-state index contributed by atoms with van der Waals surface area (Å²) < 4.78 is 12.9. The third kappa shape index (κ3) is 6.04. The Morgan fingerprint density at radius 1 is 0.742 bits per heavy atom. The fraction of sp³-hybridized carbons (Fsp3) is 0.500. The molecule has 5 heteroatoms. The van der Waals surface area contributed by atoms with Crippen LogP contribution < -0.4 is 10.4 Å². The first-order valence-corrected chi connectivity index (χ1v) is 16.0. The summed E-state index contributed by atoms with van der Waals surface area (Å²) in [6.07, 6.45) is 0.374. The van der Waals surface area contributed by atoms with Crippen molar-refractivity contribution in [3.63, 3.8) is 0 Å². The normalized spacial score (nSPS) is 13.3. The second kappa shape index (κ2) is 9.94. The van der Waals surface area contributed by atoms with E-state index in [-0.39, 0.29) is 22.5 Å². The zero-order valence-electron chi connectivity index (χ0n) is 20.6. The summed E-state index contributed by atoms with van der Waals surface area (Å²) in [6.45, 7) is 18.3. The molecule has 0 aromatic heterocycles. The minimum Gasteiger partial charge on any atom is -0.410 e. The highest BCUT2D eigenvalue weighted by Gasteiger charge is 2.50. The van der Waals surface area contributed by atoms with Gasteiger partial charge in [0.2, 0.25) is 0 Å². The average molecular weight is 457 g/mol. The van der Waals surface area contributed by atoms with E-state index in [2.05, 4.69) is 103 Å². The van der Waals surface area contributed by atoms with Crippen LogP contribution in [0.4, 0.5) is 0 Å². The molecule has 0 saturated carbocycles. The van der Waals surface area contributed by atoms with E-state index < -0.39 is 16.6 Å². The van der Waals surface area contributed by atoms with Gasteiger partial charge in [0, 0.05) is 13.0 Å². The third-order valence-corrected chi connectivity index (χ3v) is 16.0. The van der Waals surface area contributed by atoms with Crippen LogP contribution >= 0.6 is 0 Å². The lowest BCUT2D eigenvalue weighted by Gasteiger charge is -2.43. The predicted molar refractivity (Wildman–Crippen MR) is 136 cm³/mol. The zero-order chi connectivity index (χ0) is 23.3. The molecule has 0 heterocycles. The van der Waals surface area contributed by atoms with Crippen LogP contribution in [0.2, 0.25) is 23.2 Å². The van der Waals surface area contributed by atoms with Crippen LogP contribution in [-0.4, -0.2) is 35.6 Å². The van der Waals surface area contributed by atoms with Gasteiger partial charge in [-0.15, -0.1) is 0 Å². The largest absolute Gasteiger partial charge is 0.410 e. The summed E-state index contributed by atoms with van der Waals surface area (Å²) >= 11 is 0. The maximum Gasteiger partial charge on any atom is 0.261 e. The van der Waals surface area contributed by atoms with Crippen LogP contribution in [0.5, 0.6) is 0 Å². The first-order chi connectivity index (χ1) is 14.3. The molecule has 0 unspecified atom stereocenters. The molecule has 3 nitrogen and oxygen atoms in total. The SMILES string of the molecule is CC(C)(C)[Si](C)(C)OCC(=O)CCO[Si](c1ccccc1)(c1ccccc1)C(C)(C)C. The van der Waals surface area contributed by atoms with Crippen LogP contribution in [0, 0.1) is 0 Å². The Hall–Kier alpha value is -1.54. The molecule has 2 aromatic rings. The average Bonchev–Trinajstić information content (AvgIpc) is 2.69. The quantitative estimate of drug-likeness (QED) is 0.465. The first kappa shape index (κ1) is 25.7. The maximum atomic E-state index is 12.7. The Bertz CT molecular complexity index is 795. The van der Waals surface area contributed by atoms with E-state index in [1.165, 1.54) is 10.4 Å². The van der Waals surface area contributed by atoms with Crippen molar-refractivity contribution in [2.24, 2.45) is 0 Å². The number of ketones is 1. The molecule has 170 valence electrons. The summed E-state index contributed by atoms with van der Waals surface area (Å²) in [5.41, 5.74) is 0. The van der Waals surface area contributed by atoms with Crippen LogP contribution in [0.3, 0.4) is 0 Å². The molecule has 0 spiro atoms. The van der Waals surface area contributed by atoms with Gasteiger partial charge in [0.15, 0.2) is 14.1 Å². The fourth-order valence-electron chi connectivity index (χ4n) is 3.63. The van der Waals surface area contributed by atoms with E-state index in [9.17, 15) is 4.79 Å². The van der Waals surface area contributed by atoms with Gasteiger partial charge in [-0.05, 0) is 33.5 Å². The van der Waals surface area contributed by atoms with Crippen molar-refractivity contribution >= 4 is 32.8 Å². The summed E-state index contributed by atoms with van der Waals surface area (Å²) in [7, 11) is -4.52. The standard InChI is InChI=1S/C26H40O3Si2/c1-25(2,3)30(7,8)29-21-22(27)19-20-28-31(26(4,5)6,23-15-11-9-12-16-23)24-17-13-10-14-18-24/h9-18H,19-21H2,1-8H3. The lowest BCUT2D eigenvalue weighted by atomic mass is 10.2. The molecular formula is C26H40O3Si2. The highest BCUT2D eigenvalue weighted by atomic mass is 28.4. The van der Waals surface area contributed by atoms with Crippen molar-refractivity contribution in [1.29, 1.82) is 0 Å². The van der Waals surface area contributed by atoms with Crippen molar-refractivity contribution in [3.8, 4) is 0 Å². The number of benzene rings is 2. The molecular weight excluding hydrogens is 416 g/mol. The van der Waals surface area contributed by atoms with Gasteiger partial charge in [-0.25, -0.2) is 0 Å². The van der Waals surface area contributed by atoms with Gasteiger partial charge in [0.05, 0.1) is 6.61 Å². The molecule has 0 aliphatic carbocycles.